The summed E-state index contributed by atoms with van der Waals surface area (Å²) in [4.78, 5) is 4.18. The molecule has 21 heavy (non-hydrogen) atoms. The topological polar surface area (TPSA) is 50.9 Å². The third kappa shape index (κ3) is 2.51. The lowest BCUT2D eigenvalue weighted by molar-refractivity contribution is 0.604. The van der Waals surface area contributed by atoms with Gasteiger partial charge in [-0.15, -0.1) is 0 Å². The molecule has 106 valence electrons. The van der Waals surface area contributed by atoms with Crippen molar-refractivity contribution >= 4 is 10.8 Å². The van der Waals surface area contributed by atoms with Gasteiger partial charge in [0.1, 0.15) is 5.82 Å². The van der Waals surface area contributed by atoms with E-state index in [1.165, 1.54) is 12.1 Å². The van der Waals surface area contributed by atoms with Gasteiger partial charge in [0.25, 0.3) is 0 Å². The van der Waals surface area contributed by atoms with Crippen molar-refractivity contribution in [2.75, 3.05) is 0 Å². The highest BCUT2D eigenvalue weighted by atomic mass is 19.1. The molecule has 0 fully saturated rings. The van der Waals surface area contributed by atoms with Crippen molar-refractivity contribution in [3.63, 3.8) is 0 Å². The van der Waals surface area contributed by atoms with Crippen LogP contribution in [0, 0.1) is 12.7 Å². The second kappa shape index (κ2) is 5.60. The van der Waals surface area contributed by atoms with E-state index in [0.29, 0.717) is 0 Å². The average Bonchev–Trinajstić information content (AvgIpc) is 2.51. The third-order valence-corrected chi connectivity index (χ3v) is 3.75. The van der Waals surface area contributed by atoms with Crippen LogP contribution in [-0.4, -0.2) is 4.98 Å². The van der Waals surface area contributed by atoms with Crippen LogP contribution in [0.4, 0.5) is 4.39 Å². The standard InChI is InChI=1S/C17H16FN3/c1-11-5-6-13(18)9-15(11)17(21-19)14-4-2-3-12-7-8-20-10-16(12)14/h2-10,17,21H,19H2,1H3. The van der Waals surface area contributed by atoms with E-state index in [4.69, 9.17) is 5.84 Å². The number of benzene rings is 2. The lowest BCUT2D eigenvalue weighted by Gasteiger charge is -2.20. The summed E-state index contributed by atoms with van der Waals surface area (Å²) in [7, 11) is 0. The van der Waals surface area contributed by atoms with Crippen molar-refractivity contribution < 1.29 is 4.39 Å². The molecule has 1 atom stereocenters. The zero-order valence-corrected chi connectivity index (χ0v) is 11.7. The van der Waals surface area contributed by atoms with Crippen LogP contribution < -0.4 is 11.3 Å². The number of aromatic nitrogens is 1. The first-order valence-corrected chi connectivity index (χ1v) is 6.75. The Morgan fingerprint density at radius 2 is 2.00 bits per heavy atom. The number of nitrogens with one attached hydrogen (secondary N) is 1. The van der Waals surface area contributed by atoms with Gasteiger partial charge in [0.05, 0.1) is 6.04 Å². The molecule has 0 amide bonds. The van der Waals surface area contributed by atoms with Gasteiger partial charge in [-0.25, -0.2) is 9.82 Å². The number of halogens is 1. The van der Waals surface area contributed by atoms with Crippen LogP contribution >= 0.6 is 0 Å². The normalized spacial score (nSPS) is 12.5. The molecule has 0 radical (unpaired) electrons. The molecule has 0 saturated heterocycles. The monoisotopic (exact) mass is 281 g/mol. The number of aryl methyl sites for hydroxylation is 1. The summed E-state index contributed by atoms with van der Waals surface area (Å²) in [5.74, 6) is 5.48. The second-order valence-electron chi connectivity index (χ2n) is 5.04. The van der Waals surface area contributed by atoms with Crippen LogP contribution in [-0.2, 0) is 0 Å². The van der Waals surface area contributed by atoms with Gasteiger partial charge in [-0.1, -0.05) is 24.3 Å². The first kappa shape index (κ1) is 13.7. The number of rotatable bonds is 3. The second-order valence-corrected chi connectivity index (χ2v) is 5.04. The molecule has 0 aliphatic carbocycles. The maximum atomic E-state index is 13.6. The Labute approximate surface area is 122 Å². The molecule has 0 bridgehead atoms. The summed E-state index contributed by atoms with van der Waals surface area (Å²) in [5.41, 5.74) is 5.60. The van der Waals surface area contributed by atoms with Gasteiger partial charge >= 0.3 is 0 Å². The molecule has 0 aliphatic heterocycles. The minimum atomic E-state index is -0.284. The highest BCUT2D eigenvalue weighted by molar-refractivity contribution is 5.85. The summed E-state index contributed by atoms with van der Waals surface area (Å²) < 4.78 is 13.6. The van der Waals surface area contributed by atoms with Crippen molar-refractivity contribution in [3.05, 3.63) is 77.4 Å². The van der Waals surface area contributed by atoms with Crippen LogP contribution in [0.5, 0.6) is 0 Å². The van der Waals surface area contributed by atoms with Gasteiger partial charge < -0.3 is 0 Å². The van der Waals surface area contributed by atoms with Gasteiger partial charge in [0, 0.05) is 17.8 Å². The Bertz CT molecular complexity index is 781. The average molecular weight is 281 g/mol. The zero-order valence-electron chi connectivity index (χ0n) is 11.7. The maximum Gasteiger partial charge on any atom is 0.123 e. The largest absolute Gasteiger partial charge is 0.271 e. The molecule has 3 N–H and O–H groups in total. The predicted molar refractivity (Wildman–Crippen MR) is 82.0 cm³/mol. The predicted octanol–water partition coefficient (Wildman–Crippen LogP) is 3.24. The summed E-state index contributed by atoms with van der Waals surface area (Å²) in [6, 6.07) is 12.4. The number of hydrogen-bond acceptors (Lipinski definition) is 3. The Balaban J connectivity index is 2.21. The van der Waals surface area contributed by atoms with E-state index in [1.54, 1.807) is 12.3 Å². The molecule has 3 rings (SSSR count). The van der Waals surface area contributed by atoms with Gasteiger partial charge in [-0.2, -0.15) is 0 Å². The van der Waals surface area contributed by atoms with E-state index >= 15 is 0 Å². The molecule has 3 nitrogen and oxygen atoms in total. The maximum absolute atomic E-state index is 13.6. The summed E-state index contributed by atoms with van der Waals surface area (Å²) in [6.07, 6.45) is 3.56. The van der Waals surface area contributed by atoms with Crippen LogP contribution in [0.2, 0.25) is 0 Å². The lowest BCUT2D eigenvalue weighted by atomic mass is 9.92. The van der Waals surface area contributed by atoms with Crippen LogP contribution in [0.1, 0.15) is 22.7 Å². The Morgan fingerprint density at radius 3 is 2.81 bits per heavy atom. The highest BCUT2D eigenvalue weighted by Crippen LogP contribution is 2.30. The quantitative estimate of drug-likeness (QED) is 0.572. The van der Waals surface area contributed by atoms with Gasteiger partial charge in [-0.3, -0.25) is 10.8 Å². The van der Waals surface area contributed by atoms with Crippen molar-refractivity contribution in [2.45, 2.75) is 13.0 Å². The number of nitrogens with zero attached hydrogens (tertiary/aromatic N) is 1. The Hall–Kier alpha value is -2.30. The summed E-state index contributed by atoms with van der Waals surface area (Å²) in [5, 5.41) is 2.09. The fourth-order valence-corrected chi connectivity index (χ4v) is 2.66. The molecule has 0 spiro atoms. The fraction of sp³-hybridized carbons (Fsp3) is 0.118. The van der Waals surface area contributed by atoms with E-state index in [0.717, 1.165) is 27.5 Å². The molecule has 2 aromatic carbocycles. The molecule has 0 saturated carbocycles. The molecule has 0 aliphatic rings. The van der Waals surface area contributed by atoms with Crippen molar-refractivity contribution in [1.29, 1.82) is 0 Å². The highest BCUT2D eigenvalue weighted by Gasteiger charge is 2.17. The molecular formula is C17H16FN3. The van der Waals surface area contributed by atoms with E-state index in [9.17, 15) is 4.39 Å². The Morgan fingerprint density at radius 1 is 1.14 bits per heavy atom. The van der Waals surface area contributed by atoms with E-state index in [-0.39, 0.29) is 11.9 Å². The minimum absolute atomic E-state index is 0.269. The molecule has 4 heteroatoms. The van der Waals surface area contributed by atoms with E-state index in [1.807, 2.05) is 37.4 Å². The number of hydrazine groups is 1. The SMILES string of the molecule is Cc1ccc(F)cc1C(NN)c1cccc2ccncc12. The third-order valence-electron chi connectivity index (χ3n) is 3.75. The molecule has 1 aromatic heterocycles. The first-order chi connectivity index (χ1) is 10.2. The lowest BCUT2D eigenvalue weighted by Crippen LogP contribution is -2.29. The van der Waals surface area contributed by atoms with Gasteiger partial charge in [0.2, 0.25) is 0 Å². The number of hydrogen-bond donors (Lipinski definition) is 2. The number of pyridine rings is 1. The smallest absolute Gasteiger partial charge is 0.123 e. The van der Waals surface area contributed by atoms with Crippen LogP contribution in [0.3, 0.4) is 0 Å². The number of fused-ring (bicyclic) bond motifs is 1. The zero-order chi connectivity index (χ0) is 14.8. The van der Waals surface area contributed by atoms with Crippen molar-refractivity contribution in [3.8, 4) is 0 Å². The molecule has 3 aromatic rings. The van der Waals surface area contributed by atoms with E-state index in [2.05, 4.69) is 10.4 Å². The first-order valence-electron chi connectivity index (χ1n) is 6.75. The summed E-state index contributed by atoms with van der Waals surface area (Å²) in [6.45, 7) is 1.95. The van der Waals surface area contributed by atoms with Crippen molar-refractivity contribution in [2.24, 2.45) is 5.84 Å². The van der Waals surface area contributed by atoms with Gasteiger partial charge in [0.15, 0.2) is 0 Å². The summed E-state index contributed by atoms with van der Waals surface area (Å²) >= 11 is 0. The van der Waals surface area contributed by atoms with Gasteiger partial charge in [-0.05, 0) is 47.2 Å². The van der Waals surface area contributed by atoms with Crippen LogP contribution in [0.25, 0.3) is 10.8 Å². The van der Waals surface area contributed by atoms with E-state index < -0.39 is 0 Å². The molecule has 1 unspecified atom stereocenters. The van der Waals surface area contributed by atoms with Crippen molar-refractivity contribution in [1.82, 2.24) is 10.4 Å². The fourth-order valence-electron chi connectivity index (χ4n) is 2.66. The molecule has 1 heterocycles. The number of nitrogens with two attached hydrogens (primary N) is 1. The minimum Gasteiger partial charge on any atom is -0.271 e. The molecular weight excluding hydrogens is 265 g/mol. The Kier molecular flexibility index (Phi) is 3.64. The van der Waals surface area contributed by atoms with Crippen LogP contribution in [0.15, 0.2) is 54.9 Å².